The van der Waals surface area contributed by atoms with Crippen molar-refractivity contribution in [3.63, 3.8) is 0 Å². The molecule has 1 aromatic rings. The van der Waals surface area contributed by atoms with Crippen LogP contribution in [-0.4, -0.2) is 24.7 Å². The molecule has 0 atom stereocenters. The predicted molar refractivity (Wildman–Crippen MR) is 77.3 cm³/mol. The summed E-state index contributed by atoms with van der Waals surface area (Å²) in [7, 11) is 0. The number of anilines is 1. The van der Waals surface area contributed by atoms with E-state index >= 15 is 0 Å². The first-order chi connectivity index (χ1) is 8.63. The van der Waals surface area contributed by atoms with Crippen LogP contribution in [0.1, 0.15) is 31.7 Å². The van der Waals surface area contributed by atoms with Crippen molar-refractivity contribution in [1.82, 2.24) is 0 Å². The van der Waals surface area contributed by atoms with E-state index in [2.05, 4.69) is 32.0 Å². The molecule has 0 radical (unpaired) electrons. The Kier molecular flexibility index (Phi) is 4.30. The van der Waals surface area contributed by atoms with Crippen LogP contribution in [0, 0.1) is 0 Å². The number of nitrogens with two attached hydrogens (primary N) is 1. The molecular formula is C14H20N2OS. The minimum Gasteiger partial charge on any atom is -0.330 e. The van der Waals surface area contributed by atoms with Crippen molar-refractivity contribution in [3.05, 3.63) is 23.8 Å². The Morgan fingerprint density at radius 3 is 2.94 bits per heavy atom. The molecule has 0 saturated carbocycles. The fourth-order valence-electron chi connectivity index (χ4n) is 2.11. The van der Waals surface area contributed by atoms with Crippen molar-refractivity contribution in [2.45, 2.75) is 31.1 Å². The van der Waals surface area contributed by atoms with Crippen LogP contribution in [0.3, 0.4) is 0 Å². The molecule has 1 amide bonds. The van der Waals surface area contributed by atoms with Crippen molar-refractivity contribution < 1.29 is 4.79 Å². The molecule has 98 valence electrons. The van der Waals surface area contributed by atoms with E-state index in [9.17, 15) is 4.79 Å². The number of thioether (sulfide) groups is 1. The molecule has 1 aliphatic heterocycles. The molecule has 18 heavy (non-hydrogen) atoms. The lowest BCUT2D eigenvalue weighted by atomic mass is 10.0. The molecule has 0 unspecified atom stereocenters. The second-order valence-electron chi connectivity index (χ2n) is 4.81. The van der Waals surface area contributed by atoms with Crippen molar-refractivity contribution >= 4 is 23.4 Å². The van der Waals surface area contributed by atoms with Crippen molar-refractivity contribution in [3.8, 4) is 0 Å². The maximum atomic E-state index is 12.0. The maximum Gasteiger partial charge on any atom is 0.228 e. The third-order valence-corrected chi connectivity index (χ3v) is 4.20. The average Bonchev–Trinajstić information content (AvgIpc) is 2.37. The molecule has 0 saturated heterocycles. The van der Waals surface area contributed by atoms with Crippen LogP contribution in [0.4, 0.5) is 5.69 Å². The van der Waals surface area contributed by atoms with Gasteiger partial charge in [-0.1, -0.05) is 19.9 Å². The SMILES string of the molecule is CC(C)c1ccc2c(c1)SCCN2C(=O)CCN. The van der Waals surface area contributed by atoms with Gasteiger partial charge in [0.15, 0.2) is 0 Å². The summed E-state index contributed by atoms with van der Waals surface area (Å²) in [5, 5.41) is 0. The zero-order chi connectivity index (χ0) is 13.1. The summed E-state index contributed by atoms with van der Waals surface area (Å²) in [5.74, 6) is 1.62. The van der Waals surface area contributed by atoms with E-state index in [0.717, 1.165) is 18.0 Å². The fourth-order valence-corrected chi connectivity index (χ4v) is 3.15. The zero-order valence-corrected chi connectivity index (χ0v) is 11.8. The van der Waals surface area contributed by atoms with Gasteiger partial charge in [0.25, 0.3) is 0 Å². The molecule has 2 N–H and O–H groups in total. The van der Waals surface area contributed by atoms with Gasteiger partial charge in [0.05, 0.1) is 5.69 Å². The van der Waals surface area contributed by atoms with E-state index in [4.69, 9.17) is 5.73 Å². The van der Waals surface area contributed by atoms with Gasteiger partial charge >= 0.3 is 0 Å². The Hall–Kier alpha value is -1.00. The molecule has 0 spiro atoms. The summed E-state index contributed by atoms with van der Waals surface area (Å²) in [6, 6.07) is 6.41. The summed E-state index contributed by atoms with van der Waals surface area (Å²) < 4.78 is 0. The number of carbonyl (C=O) groups is 1. The van der Waals surface area contributed by atoms with Crippen LogP contribution in [-0.2, 0) is 4.79 Å². The van der Waals surface area contributed by atoms with Gasteiger partial charge in [-0.2, -0.15) is 0 Å². The van der Waals surface area contributed by atoms with Gasteiger partial charge in [0.1, 0.15) is 0 Å². The number of amides is 1. The Morgan fingerprint density at radius 1 is 1.50 bits per heavy atom. The molecule has 0 aromatic heterocycles. The molecule has 0 fully saturated rings. The third-order valence-electron chi connectivity index (χ3n) is 3.17. The first-order valence-corrected chi connectivity index (χ1v) is 7.39. The number of rotatable bonds is 3. The minimum atomic E-state index is 0.136. The monoisotopic (exact) mass is 264 g/mol. The van der Waals surface area contributed by atoms with Gasteiger partial charge in [-0.3, -0.25) is 4.79 Å². The lowest BCUT2D eigenvalue weighted by Gasteiger charge is -2.29. The quantitative estimate of drug-likeness (QED) is 0.912. The van der Waals surface area contributed by atoms with E-state index in [1.807, 2.05) is 16.7 Å². The number of carbonyl (C=O) groups excluding carboxylic acids is 1. The highest BCUT2D eigenvalue weighted by atomic mass is 32.2. The van der Waals surface area contributed by atoms with Gasteiger partial charge in [0, 0.05) is 30.2 Å². The van der Waals surface area contributed by atoms with E-state index in [1.165, 1.54) is 10.5 Å². The first-order valence-electron chi connectivity index (χ1n) is 6.40. The summed E-state index contributed by atoms with van der Waals surface area (Å²) in [6.07, 6.45) is 0.427. The molecular weight excluding hydrogens is 244 g/mol. The standard InChI is InChI=1S/C14H20N2OS/c1-10(2)11-3-4-12-13(9-11)18-8-7-16(12)14(17)5-6-15/h3-4,9-10H,5-8,15H2,1-2H3. The van der Waals surface area contributed by atoms with Gasteiger partial charge in [-0.25, -0.2) is 0 Å². The molecule has 1 heterocycles. The van der Waals surface area contributed by atoms with Crippen LogP contribution in [0.2, 0.25) is 0 Å². The lowest BCUT2D eigenvalue weighted by molar-refractivity contribution is -0.118. The van der Waals surface area contributed by atoms with Crippen LogP contribution in [0.5, 0.6) is 0 Å². The Bertz CT molecular complexity index is 445. The third kappa shape index (κ3) is 2.70. The van der Waals surface area contributed by atoms with E-state index in [1.54, 1.807) is 0 Å². The van der Waals surface area contributed by atoms with Crippen molar-refractivity contribution in [2.75, 3.05) is 23.7 Å². The van der Waals surface area contributed by atoms with Gasteiger partial charge in [-0.15, -0.1) is 11.8 Å². The van der Waals surface area contributed by atoms with Gasteiger partial charge in [-0.05, 0) is 23.6 Å². The topological polar surface area (TPSA) is 46.3 Å². The molecule has 1 aliphatic rings. The van der Waals surface area contributed by atoms with E-state index in [0.29, 0.717) is 18.9 Å². The number of hydrogen-bond donors (Lipinski definition) is 1. The summed E-state index contributed by atoms with van der Waals surface area (Å²) >= 11 is 1.83. The Balaban J connectivity index is 2.30. The molecule has 3 nitrogen and oxygen atoms in total. The van der Waals surface area contributed by atoms with Crippen LogP contribution >= 0.6 is 11.8 Å². The maximum absolute atomic E-state index is 12.0. The highest BCUT2D eigenvalue weighted by molar-refractivity contribution is 7.99. The van der Waals surface area contributed by atoms with Crippen LogP contribution < -0.4 is 10.6 Å². The number of hydrogen-bond acceptors (Lipinski definition) is 3. The van der Waals surface area contributed by atoms with E-state index < -0.39 is 0 Å². The molecule has 2 rings (SSSR count). The molecule has 0 aliphatic carbocycles. The van der Waals surface area contributed by atoms with Gasteiger partial charge < -0.3 is 10.6 Å². The Labute approximate surface area is 113 Å². The lowest BCUT2D eigenvalue weighted by Crippen LogP contribution is -2.36. The number of fused-ring (bicyclic) bond motifs is 1. The molecule has 4 heteroatoms. The van der Waals surface area contributed by atoms with Gasteiger partial charge in [0.2, 0.25) is 5.91 Å². The second kappa shape index (κ2) is 5.76. The normalized spacial score (nSPS) is 14.8. The average molecular weight is 264 g/mol. The summed E-state index contributed by atoms with van der Waals surface area (Å²) in [6.45, 7) is 5.58. The highest BCUT2D eigenvalue weighted by Crippen LogP contribution is 2.36. The minimum absolute atomic E-state index is 0.136. The second-order valence-corrected chi connectivity index (χ2v) is 5.95. The molecule has 1 aromatic carbocycles. The fraction of sp³-hybridized carbons (Fsp3) is 0.500. The first kappa shape index (κ1) is 13.4. The van der Waals surface area contributed by atoms with Crippen molar-refractivity contribution in [2.24, 2.45) is 5.73 Å². The molecule has 0 bridgehead atoms. The van der Waals surface area contributed by atoms with Crippen molar-refractivity contribution in [1.29, 1.82) is 0 Å². The summed E-state index contributed by atoms with van der Waals surface area (Å²) in [4.78, 5) is 15.1. The van der Waals surface area contributed by atoms with Crippen LogP contribution in [0.15, 0.2) is 23.1 Å². The number of nitrogens with zero attached hydrogens (tertiary/aromatic N) is 1. The largest absolute Gasteiger partial charge is 0.330 e. The smallest absolute Gasteiger partial charge is 0.228 e. The Morgan fingerprint density at radius 2 is 2.28 bits per heavy atom. The zero-order valence-electron chi connectivity index (χ0n) is 11.0. The summed E-state index contributed by atoms with van der Waals surface area (Å²) in [5.41, 5.74) is 7.85. The number of benzene rings is 1. The van der Waals surface area contributed by atoms with Crippen LogP contribution in [0.25, 0.3) is 0 Å². The predicted octanol–water partition coefficient (Wildman–Crippen LogP) is 2.60. The van der Waals surface area contributed by atoms with E-state index in [-0.39, 0.29) is 5.91 Å². The highest BCUT2D eigenvalue weighted by Gasteiger charge is 2.22.